The maximum atomic E-state index is 13.3. The van der Waals surface area contributed by atoms with Crippen LogP contribution in [-0.4, -0.2) is 27.5 Å². The van der Waals surface area contributed by atoms with Crippen LogP contribution < -0.4 is 0 Å². The summed E-state index contributed by atoms with van der Waals surface area (Å²) in [6.45, 7) is 0.678. The van der Waals surface area contributed by atoms with Crippen LogP contribution in [0.4, 0.5) is 13.2 Å². The van der Waals surface area contributed by atoms with Crippen molar-refractivity contribution in [3.63, 3.8) is 0 Å². The molecule has 178 valence electrons. The first-order chi connectivity index (χ1) is 16.2. The maximum absolute atomic E-state index is 13.3. The monoisotopic (exact) mass is 507 g/mol. The van der Waals surface area contributed by atoms with Crippen molar-refractivity contribution in [1.29, 1.82) is 0 Å². The number of aromatic nitrogens is 2. The first-order valence-electron chi connectivity index (χ1n) is 11.2. The number of amides is 1. The van der Waals surface area contributed by atoms with Gasteiger partial charge in [-0.2, -0.15) is 18.3 Å². The topological polar surface area (TPSA) is 49.0 Å². The highest BCUT2D eigenvalue weighted by Crippen LogP contribution is 2.40. The summed E-state index contributed by atoms with van der Waals surface area (Å²) in [5, 5.41) is 8.01. The molecule has 1 amide bonds. The second kappa shape index (κ2) is 8.93. The zero-order chi connectivity index (χ0) is 24.0. The summed E-state index contributed by atoms with van der Waals surface area (Å²) in [5.41, 5.74) is 3.40. The summed E-state index contributed by atoms with van der Waals surface area (Å²) >= 11 is 13.1. The summed E-state index contributed by atoms with van der Waals surface area (Å²) in [6.07, 6.45) is 1.46. The van der Waals surface area contributed by atoms with Crippen molar-refractivity contribution in [1.82, 2.24) is 15.1 Å². The fourth-order valence-electron chi connectivity index (χ4n) is 5.09. The summed E-state index contributed by atoms with van der Waals surface area (Å²) in [6, 6.07) is 8.31. The van der Waals surface area contributed by atoms with Gasteiger partial charge in [-0.05, 0) is 73.1 Å². The van der Waals surface area contributed by atoms with E-state index in [2.05, 4.69) is 10.2 Å². The number of carbonyl (C=O) groups is 1. The Morgan fingerprint density at radius 1 is 1.06 bits per heavy atom. The first-order valence-corrected chi connectivity index (χ1v) is 12.0. The minimum absolute atomic E-state index is 0.0491. The molecule has 0 bridgehead atoms. The van der Waals surface area contributed by atoms with Gasteiger partial charge in [0.1, 0.15) is 0 Å². The molecular formula is C25H22Cl2F3N3O. The zero-order valence-corrected chi connectivity index (χ0v) is 19.6. The van der Waals surface area contributed by atoms with Gasteiger partial charge in [0, 0.05) is 33.8 Å². The number of nitrogens with one attached hydrogen (secondary N) is 1. The minimum Gasteiger partial charge on any atom is -0.335 e. The number of hydrogen-bond donors (Lipinski definition) is 1. The summed E-state index contributed by atoms with van der Waals surface area (Å²) < 4.78 is 38.6. The average molecular weight is 508 g/mol. The number of hydrogen-bond acceptors (Lipinski definition) is 2. The Labute approximate surface area is 205 Å². The molecule has 0 saturated carbocycles. The number of alkyl halides is 3. The summed E-state index contributed by atoms with van der Waals surface area (Å²) in [5.74, 6) is -0.123. The molecule has 0 radical (unpaired) electrons. The third-order valence-electron chi connectivity index (χ3n) is 6.88. The largest absolute Gasteiger partial charge is 0.416 e. The van der Waals surface area contributed by atoms with Gasteiger partial charge in [-0.3, -0.25) is 9.89 Å². The molecule has 0 spiro atoms. The maximum Gasteiger partial charge on any atom is 0.416 e. The van der Waals surface area contributed by atoms with Gasteiger partial charge in [-0.15, -0.1) is 0 Å². The van der Waals surface area contributed by atoms with E-state index in [1.165, 1.54) is 12.1 Å². The zero-order valence-electron chi connectivity index (χ0n) is 18.1. The smallest absolute Gasteiger partial charge is 0.335 e. The SMILES string of the molecule is O=C1[C@H](Cc2c(Cl)cc(-c3ccc(C(F)(F)F)cc3)cc2Cl)CCN1C1CCCc2[nH]ncc21. The Morgan fingerprint density at radius 2 is 1.76 bits per heavy atom. The molecule has 1 saturated heterocycles. The highest BCUT2D eigenvalue weighted by Gasteiger charge is 2.39. The second-order valence-electron chi connectivity index (χ2n) is 8.93. The molecule has 34 heavy (non-hydrogen) atoms. The van der Waals surface area contributed by atoms with Crippen LogP contribution in [0.5, 0.6) is 0 Å². The van der Waals surface area contributed by atoms with Crippen LogP contribution in [0, 0.1) is 5.92 Å². The normalized spacial score (nSPS) is 20.6. The molecule has 1 aliphatic heterocycles. The lowest BCUT2D eigenvalue weighted by molar-refractivity contribution is -0.137. The second-order valence-corrected chi connectivity index (χ2v) is 9.74. The average Bonchev–Trinajstić information content (AvgIpc) is 3.42. The van der Waals surface area contributed by atoms with Gasteiger partial charge in [0.2, 0.25) is 5.91 Å². The molecule has 5 rings (SSSR count). The molecule has 3 aromatic rings. The van der Waals surface area contributed by atoms with Crippen LogP contribution in [-0.2, 0) is 23.8 Å². The lowest BCUT2D eigenvalue weighted by Gasteiger charge is -2.31. The molecule has 9 heteroatoms. The van der Waals surface area contributed by atoms with Crippen molar-refractivity contribution in [2.45, 2.75) is 44.3 Å². The quantitative estimate of drug-likeness (QED) is 0.418. The summed E-state index contributed by atoms with van der Waals surface area (Å²) in [7, 11) is 0. The van der Waals surface area contributed by atoms with E-state index in [0.717, 1.165) is 49.1 Å². The van der Waals surface area contributed by atoms with Crippen LogP contribution >= 0.6 is 23.2 Å². The fourth-order valence-corrected chi connectivity index (χ4v) is 5.73. The van der Waals surface area contributed by atoms with Crippen LogP contribution in [0.1, 0.15) is 47.7 Å². The van der Waals surface area contributed by atoms with E-state index < -0.39 is 11.7 Å². The van der Waals surface area contributed by atoms with Crippen LogP contribution in [0.25, 0.3) is 11.1 Å². The number of halogens is 5. The molecule has 1 fully saturated rings. The Kier molecular flexibility index (Phi) is 6.10. The molecule has 2 heterocycles. The molecule has 2 aromatic carbocycles. The minimum atomic E-state index is -4.39. The number of likely N-dealkylation sites (tertiary alicyclic amines) is 1. The molecule has 1 N–H and O–H groups in total. The predicted octanol–water partition coefficient (Wildman–Crippen LogP) is 6.87. The van der Waals surface area contributed by atoms with E-state index in [4.69, 9.17) is 23.2 Å². The van der Waals surface area contributed by atoms with Crippen LogP contribution in [0.3, 0.4) is 0 Å². The molecule has 4 nitrogen and oxygen atoms in total. The number of fused-ring (bicyclic) bond motifs is 1. The van der Waals surface area contributed by atoms with E-state index in [1.54, 1.807) is 12.1 Å². The lowest BCUT2D eigenvalue weighted by atomic mass is 9.91. The van der Waals surface area contributed by atoms with Gasteiger partial charge in [0.15, 0.2) is 0 Å². The number of nitrogens with zero attached hydrogens (tertiary/aromatic N) is 2. The van der Waals surface area contributed by atoms with E-state index in [1.807, 2.05) is 11.1 Å². The number of carbonyl (C=O) groups excluding carboxylic acids is 1. The summed E-state index contributed by atoms with van der Waals surface area (Å²) in [4.78, 5) is 15.2. The highest BCUT2D eigenvalue weighted by molar-refractivity contribution is 6.36. The van der Waals surface area contributed by atoms with Crippen molar-refractivity contribution < 1.29 is 18.0 Å². The molecule has 2 atom stereocenters. The molecule has 2 aliphatic rings. The van der Waals surface area contributed by atoms with Crippen molar-refractivity contribution in [3.8, 4) is 11.1 Å². The highest BCUT2D eigenvalue weighted by atomic mass is 35.5. The Morgan fingerprint density at radius 3 is 2.44 bits per heavy atom. The van der Waals surface area contributed by atoms with E-state index >= 15 is 0 Å². The molecule has 1 aromatic heterocycles. The van der Waals surface area contributed by atoms with Gasteiger partial charge in [0.05, 0.1) is 17.8 Å². The van der Waals surface area contributed by atoms with Crippen molar-refractivity contribution >= 4 is 29.1 Å². The van der Waals surface area contributed by atoms with E-state index in [0.29, 0.717) is 39.7 Å². The number of benzene rings is 2. The van der Waals surface area contributed by atoms with Crippen molar-refractivity contribution in [2.75, 3.05) is 6.54 Å². The van der Waals surface area contributed by atoms with Gasteiger partial charge in [0.25, 0.3) is 0 Å². The number of H-pyrrole nitrogens is 1. The van der Waals surface area contributed by atoms with Gasteiger partial charge in [-0.1, -0.05) is 35.3 Å². The van der Waals surface area contributed by atoms with Crippen LogP contribution in [0.15, 0.2) is 42.6 Å². The third-order valence-corrected chi connectivity index (χ3v) is 7.55. The molecular weight excluding hydrogens is 486 g/mol. The first kappa shape index (κ1) is 23.2. The Bertz CT molecular complexity index is 1200. The number of rotatable bonds is 4. The third kappa shape index (κ3) is 4.31. The van der Waals surface area contributed by atoms with Gasteiger partial charge >= 0.3 is 6.18 Å². The van der Waals surface area contributed by atoms with Crippen LogP contribution in [0.2, 0.25) is 10.0 Å². The Balaban J connectivity index is 1.33. The van der Waals surface area contributed by atoms with Crippen molar-refractivity contribution in [3.05, 3.63) is 75.0 Å². The Hall–Kier alpha value is -2.51. The molecule has 1 unspecified atom stereocenters. The fraction of sp³-hybridized carbons (Fsp3) is 0.360. The lowest BCUT2D eigenvalue weighted by Crippen LogP contribution is -2.34. The number of aryl methyl sites for hydroxylation is 1. The van der Waals surface area contributed by atoms with E-state index in [9.17, 15) is 18.0 Å². The van der Waals surface area contributed by atoms with Gasteiger partial charge in [-0.25, -0.2) is 0 Å². The van der Waals surface area contributed by atoms with Gasteiger partial charge < -0.3 is 4.90 Å². The van der Waals surface area contributed by atoms with Crippen molar-refractivity contribution in [2.24, 2.45) is 5.92 Å². The molecule has 1 aliphatic carbocycles. The standard InChI is InChI=1S/C25H22Cl2F3N3O/c26-20-11-16(14-4-6-17(7-5-14)25(28,29)30)12-21(27)18(20)10-15-8-9-33(24(15)34)23-3-1-2-22-19(23)13-31-32-22/h4-7,11-13,15,23H,1-3,8-10H2,(H,31,32)/t15-,23?/m0/s1. The number of aromatic amines is 1. The predicted molar refractivity (Wildman–Crippen MR) is 125 cm³/mol. The van der Waals surface area contributed by atoms with E-state index in [-0.39, 0.29) is 17.9 Å².